The highest BCUT2D eigenvalue weighted by Crippen LogP contribution is 2.30. The van der Waals surface area contributed by atoms with Crippen molar-refractivity contribution in [1.82, 2.24) is 20.3 Å². The van der Waals surface area contributed by atoms with Gasteiger partial charge in [-0.2, -0.15) is 0 Å². The predicted octanol–water partition coefficient (Wildman–Crippen LogP) is 3.72. The molecule has 0 radical (unpaired) electrons. The number of nitrogens with one attached hydrogen (secondary N) is 2. The molecular weight excluding hydrogens is 334 g/mol. The zero-order valence-corrected chi connectivity index (χ0v) is 14.9. The van der Waals surface area contributed by atoms with E-state index in [1.54, 1.807) is 29.9 Å². The van der Waals surface area contributed by atoms with Crippen LogP contribution in [0.4, 0.5) is 10.5 Å². The zero-order valence-electron chi connectivity index (χ0n) is 14.1. The summed E-state index contributed by atoms with van der Waals surface area (Å²) in [6.45, 7) is 4.52. The summed E-state index contributed by atoms with van der Waals surface area (Å²) < 4.78 is 0. The lowest BCUT2D eigenvalue weighted by molar-refractivity contribution is 0.251. The first-order chi connectivity index (χ1) is 12.1. The van der Waals surface area contributed by atoms with E-state index < -0.39 is 0 Å². The van der Waals surface area contributed by atoms with Crippen LogP contribution in [0, 0.1) is 6.92 Å². The monoisotopic (exact) mass is 353 g/mol. The Balaban J connectivity index is 1.57. The molecule has 3 aromatic rings. The first-order valence-corrected chi connectivity index (χ1v) is 8.81. The molecule has 2 N–H and O–H groups in total. The van der Waals surface area contributed by atoms with E-state index in [4.69, 9.17) is 0 Å². The lowest BCUT2D eigenvalue weighted by atomic mass is 9.98. The highest BCUT2D eigenvalue weighted by molar-refractivity contribution is 7.09. The number of hydrogen-bond donors (Lipinski definition) is 2. The summed E-state index contributed by atoms with van der Waals surface area (Å²) in [5.74, 6) is 0.284. The maximum absolute atomic E-state index is 12.0. The Morgan fingerprint density at radius 1 is 1.20 bits per heavy atom. The highest BCUT2D eigenvalue weighted by Gasteiger charge is 2.13. The summed E-state index contributed by atoms with van der Waals surface area (Å²) >= 11 is 1.67. The van der Waals surface area contributed by atoms with E-state index in [1.807, 2.05) is 36.7 Å². The molecule has 0 aliphatic rings. The summed E-state index contributed by atoms with van der Waals surface area (Å²) in [6, 6.07) is 7.60. The van der Waals surface area contributed by atoms with Gasteiger partial charge in [-0.25, -0.2) is 9.78 Å². The second-order valence-corrected chi connectivity index (χ2v) is 6.54. The van der Waals surface area contributed by atoms with Gasteiger partial charge in [0.25, 0.3) is 0 Å². The van der Waals surface area contributed by atoms with E-state index in [-0.39, 0.29) is 11.9 Å². The zero-order chi connectivity index (χ0) is 17.6. The Hall–Kier alpha value is -2.80. The van der Waals surface area contributed by atoms with Gasteiger partial charge in [-0.3, -0.25) is 9.97 Å². The minimum absolute atomic E-state index is 0.273. The number of rotatable bonds is 5. The quantitative estimate of drug-likeness (QED) is 0.733. The maximum atomic E-state index is 12.0. The minimum atomic E-state index is -0.273. The number of amides is 2. The molecule has 3 rings (SSSR count). The van der Waals surface area contributed by atoms with Crippen LogP contribution >= 0.6 is 11.3 Å². The fourth-order valence-electron chi connectivity index (χ4n) is 2.50. The summed E-state index contributed by atoms with van der Waals surface area (Å²) in [5, 5.41) is 5.57. The van der Waals surface area contributed by atoms with Gasteiger partial charge in [-0.1, -0.05) is 19.1 Å². The van der Waals surface area contributed by atoms with Gasteiger partial charge in [0.2, 0.25) is 0 Å². The van der Waals surface area contributed by atoms with Crippen LogP contribution in [0.25, 0.3) is 0 Å². The summed E-state index contributed by atoms with van der Waals surface area (Å²) in [6.07, 6.45) is 4.82. The molecular formula is C18H19N5OS. The number of urea groups is 1. The first kappa shape index (κ1) is 17.0. The van der Waals surface area contributed by atoms with Crippen molar-refractivity contribution in [3.63, 3.8) is 0 Å². The highest BCUT2D eigenvalue weighted by atomic mass is 32.1. The molecule has 2 heterocycles. The van der Waals surface area contributed by atoms with Gasteiger partial charge in [-0.05, 0) is 24.6 Å². The van der Waals surface area contributed by atoms with Crippen molar-refractivity contribution in [2.45, 2.75) is 26.3 Å². The third-order valence-electron chi connectivity index (χ3n) is 3.89. The lowest BCUT2D eigenvalue weighted by Crippen LogP contribution is -2.28. The van der Waals surface area contributed by atoms with E-state index >= 15 is 0 Å². The second-order valence-electron chi connectivity index (χ2n) is 5.65. The Morgan fingerprint density at radius 3 is 2.64 bits per heavy atom. The Bertz CT molecular complexity index is 832. The number of carbonyl (C=O) groups excluding carboxylic acids is 1. The van der Waals surface area contributed by atoms with Crippen LogP contribution in [0.5, 0.6) is 0 Å². The number of aromatic nitrogens is 3. The van der Waals surface area contributed by atoms with Crippen LogP contribution in [-0.2, 0) is 6.54 Å². The average Bonchev–Trinajstić information content (AvgIpc) is 3.07. The number of anilines is 1. The second kappa shape index (κ2) is 7.85. The number of thiazole rings is 1. The number of hydrogen-bond acceptors (Lipinski definition) is 5. The molecule has 1 atom stereocenters. The SMILES string of the molecule is Cc1ncsc1[C@H](C)c1ccc(NC(=O)NCc2cnccn2)cc1. The van der Waals surface area contributed by atoms with Crippen LogP contribution in [0.1, 0.15) is 34.7 Å². The fourth-order valence-corrected chi connectivity index (χ4v) is 3.39. The molecule has 2 aromatic heterocycles. The molecule has 2 amide bonds. The van der Waals surface area contributed by atoms with Gasteiger partial charge in [0, 0.05) is 28.9 Å². The van der Waals surface area contributed by atoms with Crippen LogP contribution < -0.4 is 10.6 Å². The molecule has 0 spiro atoms. The topological polar surface area (TPSA) is 79.8 Å². The summed E-state index contributed by atoms with van der Waals surface area (Å²) in [4.78, 5) is 25.6. The fraction of sp³-hybridized carbons (Fsp3) is 0.222. The van der Waals surface area contributed by atoms with Crippen LogP contribution in [-0.4, -0.2) is 21.0 Å². The van der Waals surface area contributed by atoms with E-state index in [2.05, 4.69) is 32.5 Å². The predicted molar refractivity (Wildman–Crippen MR) is 98.7 cm³/mol. The van der Waals surface area contributed by atoms with E-state index in [9.17, 15) is 4.79 Å². The molecule has 25 heavy (non-hydrogen) atoms. The van der Waals surface area contributed by atoms with Crippen LogP contribution in [0.2, 0.25) is 0 Å². The summed E-state index contributed by atoms with van der Waals surface area (Å²) in [7, 11) is 0. The third-order valence-corrected chi connectivity index (χ3v) is 5.00. The van der Waals surface area contributed by atoms with Gasteiger partial charge < -0.3 is 10.6 Å². The largest absolute Gasteiger partial charge is 0.332 e. The molecule has 7 heteroatoms. The van der Waals surface area contributed by atoms with E-state index in [0.717, 1.165) is 11.4 Å². The molecule has 0 aliphatic heterocycles. The van der Waals surface area contributed by atoms with Gasteiger partial charge >= 0.3 is 6.03 Å². The number of benzene rings is 1. The van der Waals surface area contributed by atoms with Crippen molar-refractivity contribution in [1.29, 1.82) is 0 Å². The molecule has 0 saturated heterocycles. The molecule has 0 bridgehead atoms. The van der Waals surface area contributed by atoms with E-state index in [0.29, 0.717) is 12.2 Å². The smallest absolute Gasteiger partial charge is 0.319 e. The number of aryl methyl sites for hydroxylation is 1. The van der Waals surface area contributed by atoms with Gasteiger partial charge in [-0.15, -0.1) is 11.3 Å². The molecule has 128 valence electrons. The molecule has 0 fully saturated rings. The van der Waals surface area contributed by atoms with Crippen molar-refractivity contribution in [3.05, 3.63) is 70.2 Å². The Morgan fingerprint density at radius 2 is 2.00 bits per heavy atom. The normalized spacial score (nSPS) is 11.8. The maximum Gasteiger partial charge on any atom is 0.319 e. The van der Waals surface area contributed by atoms with Crippen molar-refractivity contribution >= 4 is 23.1 Å². The summed E-state index contributed by atoms with van der Waals surface area (Å²) in [5.41, 5.74) is 5.59. The lowest BCUT2D eigenvalue weighted by Gasteiger charge is -2.12. The van der Waals surface area contributed by atoms with Gasteiger partial charge in [0.05, 0.1) is 29.6 Å². The Labute approximate surface area is 150 Å². The molecule has 0 aliphatic carbocycles. The van der Waals surface area contributed by atoms with Gasteiger partial charge in [0.1, 0.15) is 0 Å². The minimum Gasteiger partial charge on any atom is -0.332 e. The van der Waals surface area contributed by atoms with Crippen molar-refractivity contribution in [2.75, 3.05) is 5.32 Å². The van der Waals surface area contributed by atoms with Crippen molar-refractivity contribution < 1.29 is 4.79 Å². The van der Waals surface area contributed by atoms with Crippen molar-refractivity contribution in [3.8, 4) is 0 Å². The average molecular weight is 353 g/mol. The Kier molecular flexibility index (Phi) is 5.35. The van der Waals surface area contributed by atoms with Crippen LogP contribution in [0.3, 0.4) is 0 Å². The third kappa shape index (κ3) is 4.39. The standard InChI is InChI=1S/C18H19N5OS/c1-12(17-13(2)22-11-25-17)14-3-5-15(6-4-14)23-18(24)21-10-16-9-19-7-8-20-16/h3-9,11-12H,10H2,1-2H3,(H2,21,23,24)/t12-/m1/s1. The van der Waals surface area contributed by atoms with Crippen molar-refractivity contribution in [2.24, 2.45) is 0 Å². The molecule has 1 aromatic carbocycles. The van der Waals surface area contributed by atoms with E-state index in [1.165, 1.54) is 10.4 Å². The van der Waals surface area contributed by atoms with Crippen LogP contribution in [0.15, 0.2) is 48.4 Å². The molecule has 0 unspecified atom stereocenters. The molecule has 6 nitrogen and oxygen atoms in total. The molecule has 0 saturated carbocycles. The number of nitrogens with zero attached hydrogens (tertiary/aromatic N) is 3. The first-order valence-electron chi connectivity index (χ1n) is 7.93. The number of carbonyl (C=O) groups is 1. The van der Waals surface area contributed by atoms with Gasteiger partial charge in [0.15, 0.2) is 0 Å².